The minimum Gasteiger partial charge on any atom is -0.372 e. The number of nitrogens with one attached hydrogen (secondary N) is 1. The lowest BCUT2D eigenvalue weighted by molar-refractivity contribution is 0.794. The summed E-state index contributed by atoms with van der Waals surface area (Å²) in [7, 11) is 0. The maximum Gasteiger partial charge on any atom is 0.0978 e. The summed E-state index contributed by atoms with van der Waals surface area (Å²) in [5.74, 6) is 0. The Morgan fingerprint density at radius 1 is 0.455 bits per heavy atom. The van der Waals surface area contributed by atoms with Crippen molar-refractivity contribution < 1.29 is 0 Å². The van der Waals surface area contributed by atoms with Crippen molar-refractivity contribution in [1.82, 2.24) is 0 Å². The van der Waals surface area contributed by atoms with Crippen molar-refractivity contribution in [3.05, 3.63) is 216 Å². The van der Waals surface area contributed by atoms with Gasteiger partial charge in [0, 0.05) is 28.9 Å². The predicted octanol–water partition coefficient (Wildman–Crippen LogP) is 14.0. The van der Waals surface area contributed by atoms with E-state index in [1.54, 1.807) is 0 Å². The summed E-state index contributed by atoms with van der Waals surface area (Å²) in [6.07, 6.45) is 0. The van der Waals surface area contributed by atoms with E-state index < -0.39 is 0 Å². The van der Waals surface area contributed by atoms with Gasteiger partial charge in [-0.05, 0) is 97.1 Å². The first-order chi connectivity index (χ1) is 27.3. The van der Waals surface area contributed by atoms with Crippen LogP contribution in [0.2, 0.25) is 0 Å². The summed E-state index contributed by atoms with van der Waals surface area (Å²) in [5, 5.41) is 6.29. The largest absolute Gasteiger partial charge is 0.372 e. The zero-order valence-electron chi connectivity index (χ0n) is 30.0. The third-order valence-corrected chi connectivity index (χ3v) is 13.3. The number of hydrogen-bond donors (Lipinski definition) is 1. The SMILES string of the molecule is c1ccc(-c2ccc(N(c3ccc4c(c3)-c3ccccc3C43c4ccccc4-c4ccccc43)c3cccc4c5c(sc34)NCc3ccccc3-5)cc2)cc1. The van der Waals surface area contributed by atoms with E-state index in [9.17, 15) is 0 Å². The molecule has 55 heavy (non-hydrogen) atoms. The molecule has 0 radical (unpaired) electrons. The van der Waals surface area contributed by atoms with Crippen LogP contribution in [0, 0.1) is 0 Å². The highest BCUT2D eigenvalue weighted by Gasteiger charge is 2.51. The molecular formula is C52H34N2S. The maximum atomic E-state index is 3.77. The van der Waals surface area contributed by atoms with Crippen LogP contribution >= 0.6 is 11.3 Å². The average Bonchev–Trinajstić information content (AvgIpc) is 3.89. The third kappa shape index (κ3) is 4.24. The van der Waals surface area contributed by atoms with Crippen molar-refractivity contribution in [3.63, 3.8) is 0 Å². The van der Waals surface area contributed by atoms with Crippen LogP contribution in [0.15, 0.2) is 188 Å². The van der Waals surface area contributed by atoms with Crippen molar-refractivity contribution in [3.8, 4) is 44.5 Å². The summed E-state index contributed by atoms with van der Waals surface area (Å²) < 4.78 is 1.28. The molecule has 2 nitrogen and oxygen atoms in total. The molecule has 2 heterocycles. The number of thiophene rings is 1. The minimum atomic E-state index is -0.369. The first kappa shape index (κ1) is 30.7. The van der Waals surface area contributed by atoms with Crippen LogP contribution in [0.4, 0.5) is 22.1 Å². The minimum absolute atomic E-state index is 0.369. The molecule has 0 fully saturated rings. The average molecular weight is 719 g/mol. The van der Waals surface area contributed by atoms with Gasteiger partial charge >= 0.3 is 0 Å². The van der Waals surface area contributed by atoms with Crippen molar-refractivity contribution in [2.75, 3.05) is 10.2 Å². The van der Waals surface area contributed by atoms with Crippen LogP contribution < -0.4 is 10.2 Å². The van der Waals surface area contributed by atoms with Gasteiger partial charge in [-0.15, -0.1) is 11.3 Å². The molecule has 12 rings (SSSR count). The van der Waals surface area contributed by atoms with Crippen LogP contribution in [-0.2, 0) is 12.0 Å². The van der Waals surface area contributed by atoms with Crippen molar-refractivity contribution >= 4 is 43.5 Å². The van der Waals surface area contributed by atoms with Gasteiger partial charge < -0.3 is 10.2 Å². The fourth-order valence-corrected chi connectivity index (χ4v) is 11.1. The Bertz CT molecular complexity index is 2950. The molecular weight excluding hydrogens is 685 g/mol. The molecule has 2 aliphatic carbocycles. The van der Waals surface area contributed by atoms with Crippen LogP contribution in [0.5, 0.6) is 0 Å². The summed E-state index contributed by atoms with van der Waals surface area (Å²) in [4.78, 5) is 2.48. The highest BCUT2D eigenvalue weighted by molar-refractivity contribution is 7.24. The molecule has 3 heteroatoms. The molecule has 1 N–H and O–H groups in total. The Morgan fingerprint density at radius 3 is 1.73 bits per heavy atom. The summed E-state index contributed by atoms with van der Waals surface area (Å²) >= 11 is 1.87. The second-order valence-corrected chi connectivity index (χ2v) is 15.9. The Morgan fingerprint density at radius 2 is 1.02 bits per heavy atom. The van der Waals surface area contributed by atoms with Crippen molar-refractivity contribution in [2.45, 2.75) is 12.0 Å². The fraction of sp³-hybridized carbons (Fsp3) is 0.0385. The van der Waals surface area contributed by atoms with Crippen molar-refractivity contribution in [1.29, 1.82) is 0 Å². The topological polar surface area (TPSA) is 15.3 Å². The van der Waals surface area contributed by atoms with E-state index in [0.717, 1.165) is 17.9 Å². The van der Waals surface area contributed by atoms with Gasteiger partial charge in [0.2, 0.25) is 0 Å². The predicted molar refractivity (Wildman–Crippen MR) is 231 cm³/mol. The van der Waals surface area contributed by atoms with E-state index in [1.165, 1.54) is 93.1 Å². The molecule has 1 spiro atoms. The summed E-state index contributed by atoms with van der Waals surface area (Å²) in [6, 6.07) is 69.8. The lowest BCUT2D eigenvalue weighted by Gasteiger charge is -2.31. The number of nitrogens with zero attached hydrogens (tertiary/aromatic N) is 1. The lowest BCUT2D eigenvalue weighted by Crippen LogP contribution is -2.25. The zero-order chi connectivity index (χ0) is 36.1. The molecule has 9 aromatic rings. The van der Waals surface area contributed by atoms with Gasteiger partial charge in [0.25, 0.3) is 0 Å². The molecule has 1 aliphatic heterocycles. The highest BCUT2D eigenvalue weighted by Crippen LogP contribution is 2.63. The highest BCUT2D eigenvalue weighted by atomic mass is 32.1. The first-order valence-electron chi connectivity index (χ1n) is 19.1. The standard InChI is InChI=1S/C52H34N2S/c1-2-13-33(14-3-1)34-25-27-36(28-26-34)54(48-24-12-20-42-49-38-16-5-4-15-35(38)32-53-51(49)55-50(42)48)37-29-30-47-43(31-37)41-19-8-11-23-46(41)52(47)44-21-9-6-17-39(44)40-18-7-10-22-45(40)52/h1-31,53H,32H2. The van der Waals surface area contributed by atoms with E-state index >= 15 is 0 Å². The van der Waals surface area contributed by atoms with E-state index in [0.29, 0.717) is 0 Å². The molecule has 0 atom stereocenters. The zero-order valence-corrected chi connectivity index (χ0v) is 30.8. The molecule has 258 valence electrons. The molecule has 1 aromatic heterocycles. The van der Waals surface area contributed by atoms with Crippen molar-refractivity contribution in [2.24, 2.45) is 0 Å². The molecule has 0 saturated carbocycles. The molecule has 3 aliphatic rings. The van der Waals surface area contributed by atoms with Gasteiger partial charge in [0.1, 0.15) is 0 Å². The number of anilines is 4. The Hall–Kier alpha value is -6.68. The lowest BCUT2D eigenvalue weighted by atomic mass is 9.70. The first-order valence-corrected chi connectivity index (χ1v) is 19.9. The molecule has 0 unspecified atom stereocenters. The van der Waals surface area contributed by atoms with E-state index in [4.69, 9.17) is 0 Å². The van der Waals surface area contributed by atoms with Crippen LogP contribution in [0.1, 0.15) is 27.8 Å². The van der Waals surface area contributed by atoms with E-state index in [2.05, 4.69) is 198 Å². The molecule has 8 aromatic carbocycles. The maximum absolute atomic E-state index is 3.77. The van der Waals surface area contributed by atoms with Gasteiger partial charge in [-0.3, -0.25) is 0 Å². The van der Waals surface area contributed by atoms with Crippen LogP contribution in [-0.4, -0.2) is 0 Å². The normalized spacial score (nSPS) is 13.7. The molecule has 0 saturated heterocycles. The number of hydrogen-bond acceptors (Lipinski definition) is 3. The van der Waals surface area contributed by atoms with E-state index in [-0.39, 0.29) is 5.41 Å². The number of benzene rings is 8. The summed E-state index contributed by atoms with van der Waals surface area (Å²) in [5.41, 5.74) is 20.2. The monoisotopic (exact) mass is 718 g/mol. The van der Waals surface area contributed by atoms with Gasteiger partial charge in [-0.25, -0.2) is 0 Å². The van der Waals surface area contributed by atoms with E-state index in [1.807, 2.05) is 11.3 Å². The molecule has 0 amide bonds. The molecule has 0 bridgehead atoms. The van der Waals surface area contributed by atoms with Crippen LogP contribution in [0.25, 0.3) is 54.6 Å². The Labute approximate surface area is 324 Å². The van der Waals surface area contributed by atoms with Gasteiger partial charge in [-0.1, -0.05) is 158 Å². The number of fused-ring (bicyclic) bond motifs is 15. The Kier molecular flexibility index (Phi) is 6.52. The fourth-order valence-electron chi connectivity index (χ4n) is 9.85. The second-order valence-electron chi connectivity index (χ2n) is 14.8. The van der Waals surface area contributed by atoms with Gasteiger partial charge in [0.15, 0.2) is 0 Å². The number of rotatable bonds is 4. The smallest absolute Gasteiger partial charge is 0.0978 e. The second kappa shape index (κ2) is 11.7. The van der Waals surface area contributed by atoms with Gasteiger partial charge in [0.05, 0.1) is 20.8 Å². The Balaban J connectivity index is 1.10. The van der Waals surface area contributed by atoms with Gasteiger partial charge in [-0.2, -0.15) is 0 Å². The third-order valence-electron chi connectivity index (χ3n) is 12.1. The van der Waals surface area contributed by atoms with Crippen LogP contribution in [0.3, 0.4) is 0 Å². The summed E-state index contributed by atoms with van der Waals surface area (Å²) in [6.45, 7) is 0.841. The quantitative estimate of drug-likeness (QED) is 0.195.